The first-order valence-electron chi connectivity index (χ1n) is 25.7. The molecule has 0 aliphatic carbocycles. The van der Waals surface area contributed by atoms with Gasteiger partial charge in [-0.1, -0.05) is 195 Å². The van der Waals surface area contributed by atoms with Crippen LogP contribution in [0.4, 0.5) is 0 Å². The first-order chi connectivity index (χ1) is 35.3. The van der Waals surface area contributed by atoms with E-state index in [9.17, 15) is 0 Å². The zero-order valence-corrected chi connectivity index (χ0v) is 43.1. The summed E-state index contributed by atoms with van der Waals surface area (Å²) in [5, 5.41) is 2.29. The summed E-state index contributed by atoms with van der Waals surface area (Å²) in [5.41, 5.74) is 15.6. The van der Waals surface area contributed by atoms with Crippen molar-refractivity contribution in [3.8, 4) is 51.1 Å². The molecule has 0 atom stereocenters. The maximum absolute atomic E-state index is 7.12. The monoisotopic (exact) mass is 950 g/mol. The lowest BCUT2D eigenvalue weighted by Gasteiger charge is -2.26. The predicted molar refractivity (Wildman–Crippen MR) is 301 cm³/mol. The summed E-state index contributed by atoms with van der Waals surface area (Å²) in [6.45, 7) is 18.3. The third-order valence-corrected chi connectivity index (χ3v) is 15.0. The molecule has 5 heteroatoms. The molecule has 0 aliphatic heterocycles. The van der Waals surface area contributed by atoms with Crippen LogP contribution in [0.2, 0.25) is 0 Å². The number of pyridine rings is 1. The minimum absolute atomic E-state index is 0.217. The van der Waals surface area contributed by atoms with Gasteiger partial charge in [-0.15, -0.1) is 0 Å². The fourth-order valence-corrected chi connectivity index (χ4v) is 10.7. The predicted octanol–water partition coefficient (Wildman–Crippen LogP) is 17.1. The molecule has 5 nitrogen and oxygen atoms in total. The first-order valence-corrected chi connectivity index (χ1v) is 25.7. The Bertz CT molecular complexity index is 3740. The number of rotatable bonds is 13. The Morgan fingerprint density at radius 3 is 1.75 bits per heavy atom. The number of nitrogens with zero attached hydrogens (tertiary/aromatic N) is 4. The van der Waals surface area contributed by atoms with E-state index in [1.165, 1.54) is 38.9 Å². The van der Waals surface area contributed by atoms with Crippen LogP contribution < -0.4 is 9.30 Å². The van der Waals surface area contributed by atoms with Gasteiger partial charge in [0.25, 0.3) is 6.33 Å². The van der Waals surface area contributed by atoms with Gasteiger partial charge in [-0.25, -0.2) is 4.98 Å². The third-order valence-electron chi connectivity index (χ3n) is 15.0. The average Bonchev–Trinajstić information content (AvgIpc) is 4.01. The molecule has 3 heterocycles. The minimum Gasteiger partial charge on any atom is -0.458 e. The summed E-state index contributed by atoms with van der Waals surface area (Å²) in [7, 11) is 0. The molecule has 3 aromatic heterocycles. The van der Waals surface area contributed by atoms with Crippen LogP contribution in [0.25, 0.3) is 61.4 Å². The lowest BCUT2D eigenvalue weighted by atomic mass is 9.78. The number of benzene rings is 8. The van der Waals surface area contributed by atoms with Crippen LogP contribution in [0.1, 0.15) is 101 Å². The standard InChI is InChI=1S/C68H62N4O/c1-46(2)58-31-21-32-59(47(3)4)66(58)64-44-70(54-29-20-28-52(40-54)67(5,6)50-24-14-10-15-25-50)45-71(64)55-38-49(48-22-12-9-13-23-48)39-57(42-55)73-56-34-35-61-60-30-18-19-33-62(60)72(63(61)43-56)65-41-53(36-37-69-65)68(7,8)51-26-16-11-17-27-51/h9-44,46-47H,1-8H3. The van der Waals surface area contributed by atoms with Crippen molar-refractivity contribution in [3.05, 3.63) is 258 Å². The fourth-order valence-electron chi connectivity index (χ4n) is 10.7. The molecule has 0 saturated heterocycles. The van der Waals surface area contributed by atoms with Crippen LogP contribution in [-0.4, -0.2) is 14.1 Å². The van der Waals surface area contributed by atoms with Gasteiger partial charge in [-0.05, 0) is 123 Å². The van der Waals surface area contributed by atoms with Crippen molar-refractivity contribution in [1.82, 2.24) is 14.1 Å². The van der Waals surface area contributed by atoms with Gasteiger partial charge in [-0.2, -0.15) is 0 Å². The normalized spacial score (nSPS) is 12.1. The second kappa shape index (κ2) is 19.0. The van der Waals surface area contributed by atoms with Crippen molar-refractivity contribution in [2.45, 2.75) is 78.1 Å². The first kappa shape index (κ1) is 47.1. The molecular formula is C68H62N4O. The van der Waals surface area contributed by atoms with Crippen molar-refractivity contribution in [2.24, 2.45) is 0 Å². The highest BCUT2D eigenvalue weighted by Gasteiger charge is 2.27. The summed E-state index contributed by atoms with van der Waals surface area (Å²) in [5.74, 6) is 2.88. The molecule has 0 saturated carbocycles. The molecule has 0 N–H and O–H groups in total. The van der Waals surface area contributed by atoms with Gasteiger partial charge >= 0.3 is 0 Å². The van der Waals surface area contributed by atoms with Crippen LogP contribution in [0.5, 0.6) is 11.5 Å². The number of hydrogen-bond donors (Lipinski definition) is 0. The van der Waals surface area contributed by atoms with Crippen LogP contribution >= 0.6 is 0 Å². The summed E-state index contributed by atoms with van der Waals surface area (Å²) in [6, 6.07) is 73.8. The van der Waals surface area contributed by atoms with Gasteiger partial charge < -0.3 is 4.74 Å². The van der Waals surface area contributed by atoms with E-state index in [-0.39, 0.29) is 22.7 Å². The zero-order valence-electron chi connectivity index (χ0n) is 43.1. The highest BCUT2D eigenvalue weighted by atomic mass is 16.5. The number of imidazole rings is 1. The fraction of sp³-hybridized carbons (Fsp3) is 0.176. The van der Waals surface area contributed by atoms with Gasteiger partial charge in [0.1, 0.15) is 17.3 Å². The smallest absolute Gasteiger partial charge is 0.269 e. The summed E-state index contributed by atoms with van der Waals surface area (Å²) >= 11 is 0. The lowest BCUT2D eigenvalue weighted by molar-refractivity contribution is -0.599. The van der Waals surface area contributed by atoms with E-state index >= 15 is 0 Å². The topological polar surface area (TPSA) is 35.9 Å². The maximum Gasteiger partial charge on any atom is 0.269 e. The Morgan fingerprint density at radius 2 is 1.08 bits per heavy atom. The lowest BCUT2D eigenvalue weighted by Crippen LogP contribution is -2.29. The summed E-state index contributed by atoms with van der Waals surface area (Å²) in [4.78, 5) is 5.03. The molecule has 0 spiro atoms. The van der Waals surface area contributed by atoms with Gasteiger partial charge in [0.05, 0.1) is 28.1 Å². The molecule has 0 unspecified atom stereocenters. The van der Waals surface area contributed by atoms with E-state index < -0.39 is 0 Å². The van der Waals surface area contributed by atoms with E-state index in [4.69, 9.17) is 9.72 Å². The second-order valence-electron chi connectivity index (χ2n) is 21.1. The molecule has 73 heavy (non-hydrogen) atoms. The van der Waals surface area contributed by atoms with E-state index in [0.717, 1.165) is 67.3 Å². The molecule has 11 aromatic rings. The number of fused-ring (bicyclic) bond motifs is 3. The molecule has 8 aromatic carbocycles. The highest BCUT2D eigenvalue weighted by molar-refractivity contribution is 6.09. The third kappa shape index (κ3) is 8.84. The van der Waals surface area contributed by atoms with E-state index in [2.05, 4.69) is 288 Å². The van der Waals surface area contributed by atoms with Gasteiger partial charge in [0, 0.05) is 40.1 Å². The molecule has 0 fully saturated rings. The van der Waals surface area contributed by atoms with Gasteiger partial charge in [0.15, 0.2) is 0 Å². The number of ether oxygens (including phenoxy) is 1. The molecule has 0 bridgehead atoms. The number of para-hydroxylation sites is 1. The van der Waals surface area contributed by atoms with Crippen molar-refractivity contribution in [1.29, 1.82) is 0 Å². The van der Waals surface area contributed by atoms with Crippen LogP contribution in [0.3, 0.4) is 0 Å². The van der Waals surface area contributed by atoms with Crippen molar-refractivity contribution >= 4 is 21.8 Å². The highest BCUT2D eigenvalue weighted by Crippen LogP contribution is 2.41. The zero-order chi connectivity index (χ0) is 50.4. The van der Waals surface area contributed by atoms with E-state index in [1.54, 1.807) is 0 Å². The van der Waals surface area contributed by atoms with Crippen LogP contribution in [0.15, 0.2) is 219 Å². The van der Waals surface area contributed by atoms with Gasteiger partial charge in [0.2, 0.25) is 0 Å². The number of hydrogen-bond acceptors (Lipinski definition) is 2. The molecule has 360 valence electrons. The SMILES string of the molecule is CC(C)c1cccc(C(C)C)c1-c1c[n+](-c2cccc(C(C)(C)c3ccccc3)c2)[c-]n1-c1cc(Oc2ccc3c4ccccc4n(-c4cc(C(C)(C)c5ccccc5)ccn4)c3c2)cc(-c2ccccc2)c1. The largest absolute Gasteiger partial charge is 0.458 e. The van der Waals surface area contributed by atoms with Crippen LogP contribution in [0, 0.1) is 6.33 Å². The molecule has 11 rings (SSSR count). The summed E-state index contributed by atoms with van der Waals surface area (Å²) in [6.07, 6.45) is 8.10. The average molecular weight is 951 g/mol. The molecule has 0 radical (unpaired) electrons. The Kier molecular flexibility index (Phi) is 12.3. The van der Waals surface area contributed by atoms with E-state index in [0.29, 0.717) is 0 Å². The Balaban J connectivity index is 1.08. The second-order valence-corrected chi connectivity index (χ2v) is 21.1. The number of aromatic nitrogens is 4. The van der Waals surface area contributed by atoms with Crippen molar-refractivity contribution in [3.63, 3.8) is 0 Å². The van der Waals surface area contributed by atoms with Crippen LogP contribution in [-0.2, 0) is 10.8 Å². The van der Waals surface area contributed by atoms with Gasteiger partial charge in [-0.3, -0.25) is 13.7 Å². The molecular weight excluding hydrogens is 889 g/mol. The van der Waals surface area contributed by atoms with E-state index in [1.807, 2.05) is 6.20 Å². The quantitative estimate of drug-likeness (QED) is 0.0853. The Hall–Kier alpha value is -8.28. The van der Waals surface area contributed by atoms with Crippen molar-refractivity contribution < 1.29 is 9.30 Å². The summed E-state index contributed by atoms with van der Waals surface area (Å²) < 4.78 is 13.8. The Morgan fingerprint density at radius 1 is 0.493 bits per heavy atom. The maximum atomic E-state index is 7.12. The van der Waals surface area contributed by atoms with Crippen molar-refractivity contribution in [2.75, 3.05) is 0 Å². The molecule has 0 amide bonds. The molecule has 0 aliphatic rings. The Labute approximate surface area is 430 Å². The minimum atomic E-state index is -0.236.